The Balaban J connectivity index is 2.08. The highest BCUT2D eigenvalue weighted by Crippen LogP contribution is 2.46. The van der Waals surface area contributed by atoms with Gasteiger partial charge < -0.3 is 10.5 Å². The van der Waals surface area contributed by atoms with E-state index >= 15 is 0 Å². The van der Waals surface area contributed by atoms with E-state index in [9.17, 15) is 13.2 Å². The Labute approximate surface area is 87.0 Å². The van der Waals surface area contributed by atoms with E-state index in [0.717, 1.165) is 6.42 Å². The highest BCUT2D eigenvalue weighted by atomic mass is 19.4. The minimum atomic E-state index is -4.09. The number of ether oxygens (including phenoxy) is 1. The SMILES string of the molecule is NC[C@@H]1C[C@H](C(F)(F)F)C[C@H]2OCC[C@H]12. The maximum atomic E-state index is 12.6. The maximum absolute atomic E-state index is 12.6. The standard InChI is InChI=1S/C10H16F3NO/c11-10(12,13)7-3-6(5-14)8-1-2-15-9(8)4-7/h6-9H,1-5,14H2/t6-,7-,8+,9+/m0/s1. The summed E-state index contributed by atoms with van der Waals surface area (Å²) in [5, 5.41) is 0. The van der Waals surface area contributed by atoms with E-state index in [2.05, 4.69) is 0 Å². The van der Waals surface area contributed by atoms with Gasteiger partial charge in [0.25, 0.3) is 0 Å². The van der Waals surface area contributed by atoms with Gasteiger partial charge in [0.2, 0.25) is 0 Å². The van der Waals surface area contributed by atoms with Crippen molar-refractivity contribution in [2.24, 2.45) is 23.5 Å². The van der Waals surface area contributed by atoms with Crippen molar-refractivity contribution in [2.45, 2.75) is 31.5 Å². The van der Waals surface area contributed by atoms with Crippen molar-refractivity contribution in [3.8, 4) is 0 Å². The van der Waals surface area contributed by atoms with Crippen molar-refractivity contribution in [3.63, 3.8) is 0 Å². The summed E-state index contributed by atoms with van der Waals surface area (Å²) in [5.74, 6) is -0.975. The van der Waals surface area contributed by atoms with Gasteiger partial charge in [0.15, 0.2) is 0 Å². The molecule has 0 radical (unpaired) electrons. The van der Waals surface area contributed by atoms with Crippen LogP contribution in [0.1, 0.15) is 19.3 Å². The van der Waals surface area contributed by atoms with Gasteiger partial charge in [-0.05, 0) is 37.6 Å². The van der Waals surface area contributed by atoms with E-state index in [1.807, 2.05) is 0 Å². The fourth-order valence-electron chi connectivity index (χ4n) is 2.90. The molecule has 0 unspecified atom stereocenters. The molecule has 0 bridgehead atoms. The van der Waals surface area contributed by atoms with Crippen LogP contribution >= 0.6 is 0 Å². The zero-order valence-electron chi connectivity index (χ0n) is 8.46. The lowest BCUT2D eigenvalue weighted by Gasteiger charge is -2.37. The molecule has 2 rings (SSSR count). The Morgan fingerprint density at radius 2 is 2.00 bits per heavy atom. The van der Waals surface area contributed by atoms with E-state index in [4.69, 9.17) is 10.5 Å². The number of nitrogens with two attached hydrogens (primary N) is 1. The van der Waals surface area contributed by atoms with Crippen molar-refractivity contribution in [3.05, 3.63) is 0 Å². The van der Waals surface area contributed by atoms with Crippen LogP contribution in [0.3, 0.4) is 0 Å². The molecule has 2 nitrogen and oxygen atoms in total. The molecule has 1 aliphatic heterocycles. The third kappa shape index (κ3) is 2.13. The molecule has 0 aromatic heterocycles. The number of hydrogen-bond acceptors (Lipinski definition) is 2. The average Bonchev–Trinajstić information content (AvgIpc) is 2.62. The quantitative estimate of drug-likeness (QED) is 0.737. The molecule has 2 aliphatic rings. The van der Waals surface area contributed by atoms with Gasteiger partial charge >= 0.3 is 6.18 Å². The normalized spacial score (nSPS) is 41.6. The summed E-state index contributed by atoms with van der Waals surface area (Å²) in [6.07, 6.45) is -3.12. The van der Waals surface area contributed by atoms with E-state index in [1.165, 1.54) is 0 Å². The van der Waals surface area contributed by atoms with Crippen LogP contribution in [0.25, 0.3) is 0 Å². The van der Waals surface area contributed by atoms with Gasteiger partial charge in [0.05, 0.1) is 12.0 Å². The van der Waals surface area contributed by atoms with Crippen molar-refractivity contribution in [1.29, 1.82) is 0 Å². The minimum absolute atomic E-state index is 0.0159. The summed E-state index contributed by atoms with van der Waals surface area (Å²) < 4.78 is 43.2. The lowest BCUT2D eigenvalue weighted by Crippen LogP contribution is -2.42. The average molecular weight is 223 g/mol. The molecule has 0 amide bonds. The number of alkyl halides is 3. The van der Waals surface area contributed by atoms with Gasteiger partial charge in [-0.1, -0.05) is 0 Å². The third-order valence-corrected chi connectivity index (χ3v) is 3.74. The molecule has 4 atom stereocenters. The van der Waals surface area contributed by atoms with Gasteiger partial charge in [-0.25, -0.2) is 0 Å². The number of fused-ring (bicyclic) bond motifs is 1. The van der Waals surface area contributed by atoms with Crippen LogP contribution in [0, 0.1) is 17.8 Å². The summed E-state index contributed by atoms with van der Waals surface area (Å²) in [4.78, 5) is 0. The molecule has 0 spiro atoms. The largest absolute Gasteiger partial charge is 0.391 e. The molecule has 88 valence electrons. The van der Waals surface area contributed by atoms with Crippen LogP contribution in [0.2, 0.25) is 0 Å². The Bertz CT molecular complexity index is 231. The number of halogens is 3. The highest BCUT2D eigenvalue weighted by molar-refractivity contribution is 4.92. The Kier molecular flexibility index (Phi) is 2.94. The van der Waals surface area contributed by atoms with Gasteiger partial charge in [-0.2, -0.15) is 13.2 Å². The first kappa shape index (κ1) is 11.2. The smallest absolute Gasteiger partial charge is 0.378 e. The zero-order valence-corrected chi connectivity index (χ0v) is 8.46. The molecule has 0 aromatic carbocycles. The molecule has 1 aliphatic carbocycles. The Morgan fingerprint density at radius 1 is 1.27 bits per heavy atom. The van der Waals surface area contributed by atoms with Crippen LogP contribution < -0.4 is 5.73 Å². The lowest BCUT2D eigenvalue weighted by molar-refractivity contribution is -0.197. The van der Waals surface area contributed by atoms with Crippen LogP contribution in [0.15, 0.2) is 0 Å². The lowest BCUT2D eigenvalue weighted by atomic mass is 9.72. The van der Waals surface area contributed by atoms with Gasteiger partial charge in [0.1, 0.15) is 0 Å². The molecule has 15 heavy (non-hydrogen) atoms. The van der Waals surface area contributed by atoms with E-state index in [0.29, 0.717) is 13.2 Å². The van der Waals surface area contributed by atoms with Gasteiger partial charge in [-0.3, -0.25) is 0 Å². The molecule has 0 aromatic rings. The minimum Gasteiger partial charge on any atom is -0.378 e. The zero-order chi connectivity index (χ0) is 11.1. The fourth-order valence-corrected chi connectivity index (χ4v) is 2.90. The topological polar surface area (TPSA) is 35.2 Å². The van der Waals surface area contributed by atoms with E-state index in [-0.39, 0.29) is 30.8 Å². The third-order valence-electron chi connectivity index (χ3n) is 3.74. The first-order valence-corrected chi connectivity index (χ1v) is 5.40. The molecule has 5 heteroatoms. The van der Waals surface area contributed by atoms with Crippen LogP contribution in [0.4, 0.5) is 13.2 Å². The Hall–Kier alpha value is -0.290. The first-order valence-electron chi connectivity index (χ1n) is 5.40. The summed E-state index contributed by atoms with van der Waals surface area (Å²) in [5.41, 5.74) is 5.54. The second-order valence-electron chi connectivity index (χ2n) is 4.57. The predicted octanol–water partition coefficient (Wildman–Crippen LogP) is 1.94. The van der Waals surface area contributed by atoms with Crippen molar-refractivity contribution in [1.82, 2.24) is 0 Å². The summed E-state index contributed by atoms with van der Waals surface area (Å²) in [6, 6.07) is 0. The predicted molar refractivity (Wildman–Crippen MR) is 49.2 cm³/mol. The van der Waals surface area contributed by atoms with Gasteiger partial charge in [0, 0.05) is 6.61 Å². The summed E-state index contributed by atoms with van der Waals surface area (Å²) in [7, 11) is 0. The molecular formula is C10H16F3NO. The molecule has 2 fully saturated rings. The number of rotatable bonds is 1. The summed E-state index contributed by atoms with van der Waals surface area (Å²) in [6.45, 7) is 0.938. The maximum Gasteiger partial charge on any atom is 0.391 e. The molecule has 2 N–H and O–H groups in total. The second kappa shape index (κ2) is 3.94. The first-order chi connectivity index (χ1) is 7.02. The molecule has 1 saturated carbocycles. The monoisotopic (exact) mass is 223 g/mol. The van der Waals surface area contributed by atoms with Crippen LogP contribution in [0.5, 0.6) is 0 Å². The summed E-state index contributed by atoms with van der Waals surface area (Å²) >= 11 is 0. The molecule has 1 heterocycles. The molecular weight excluding hydrogens is 207 g/mol. The highest BCUT2D eigenvalue weighted by Gasteiger charge is 2.49. The van der Waals surface area contributed by atoms with Gasteiger partial charge in [-0.15, -0.1) is 0 Å². The Morgan fingerprint density at radius 3 is 2.60 bits per heavy atom. The second-order valence-corrected chi connectivity index (χ2v) is 4.57. The van der Waals surface area contributed by atoms with E-state index in [1.54, 1.807) is 0 Å². The van der Waals surface area contributed by atoms with Crippen molar-refractivity contribution >= 4 is 0 Å². The van der Waals surface area contributed by atoms with Crippen molar-refractivity contribution < 1.29 is 17.9 Å². The fraction of sp³-hybridized carbons (Fsp3) is 1.00. The van der Waals surface area contributed by atoms with Crippen molar-refractivity contribution in [2.75, 3.05) is 13.2 Å². The van der Waals surface area contributed by atoms with Crippen LogP contribution in [-0.2, 0) is 4.74 Å². The number of hydrogen-bond donors (Lipinski definition) is 1. The van der Waals surface area contributed by atoms with E-state index < -0.39 is 12.1 Å². The van der Waals surface area contributed by atoms with Crippen LogP contribution in [-0.4, -0.2) is 25.4 Å². The molecule has 1 saturated heterocycles.